The third-order valence-corrected chi connectivity index (χ3v) is 7.66. The van der Waals surface area contributed by atoms with Crippen LogP contribution in [-0.4, -0.2) is 33.4 Å². The minimum Gasteiger partial charge on any atom is -0.383 e. The van der Waals surface area contributed by atoms with Gasteiger partial charge in [-0.05, 0) is 73.6 Å². The van der Waals surface area contributed by atoms with Crippen LogP contribution < -0.4 is 22.1 Å². The van der Waals surface area contributed by atoms with Gasteiger partial charge in [-0.25, -0.2) is 13.9 Å². The lowest BCUT2D eigenvalue weighted by Crippen LogP contribution is -2.33. The highest BCUT2D eigenvalue weighted by Crippen LogP contribution is 2.33. The molecule has 0 unspecified atom stereocenters. The summed E-state index contributed by atoms with van der Waals surface area (Å²) in [6, 6.07) is 12.6. The molecule has 5 rings (SSSR count). The van der Waals surface area contributed by atoms with Crippen molar-refractivity contribution in [2.75, 3.05) is 5.32 Å². The molecule has 0 aliphatic heterocycles. The minimum absolute atomic E-state index is 0.0772. The highest BCUT2D eigenvalue weighted by atomic mass is 35.5. The van der Waals surface area contributed by atoms with Crippen LogP contribution in [0, 0.1) is 12.7 Å². The first kappa shape index (κ1) is 27.6. The number of hydrogen-bond acceptors (Lipinski definition) is 5. The molecule has 0 atom stereocenters. The van der Waals surface area contributed by atoms with Crippen LogP contribution in [0.3, 0.4) is 0 Å². The van der Waals surface area contributed by atoms with Crippen molar-refractivity contribution in [3.63, 3.8) is 0 Å². The number of benzene rings is 2. The van der Waals surface area contributed by atoms with Gasteiger partial charge in [0.1, 0.15) is 11.7 Å². The predicted molar refractivity (Wildman–Crippen MR) is 159 cm³/mol. The van der Waals surface area contributed by atoms with Gasteiger partial charge in [-0.3, -0.25) is 4.79 Å². The van der Waals surface area contributed by atoms with Crippen LogP contribution in [0.25, 0.3) is 16.6 Å². The molecule has 1 aliphatic carbocycles. The first-order valence-corrected chi connectivity index (χ1v) is 13.7. The number of hydrogen-bond donors (Lipinski definition) is 4. The molecule has 0 saturated heterocycles. The number of aryl methyl sites for hydroxylation is 1. The van der Waals surface area contributed by atoms with Gasteiger partial charge in [-0.1, -0.05) is 23.7 Å². The summed E-state index contributed by atoms with van der Waals surface area (Å²) >= 11 is 6.27. The van der Waals surface area contributed by atoms with Crippen molar-refractivity contribution >= 4 is 40.2 Å². The Hall–Kier alpha value is -3.95. The van der Waals surface area contributed by atoms with Crippen molar-refractivity contribution in [2.24, 2.45) is 16.5 Å². The van der Waals surface area contributed by atoms with Crippen LogP contribution in [0.15, 0.2) is 59.9 Å². The summed E-state index contributed by atoms with van der Waals surface area (Å²) in [6.07, 6.45) is 7.37. The largest absolute Gasteiger partial charge is 0.383 e. The second-order valence-electron chi connectivity index (χ2n) is 10.4. The molecule has 6 N–H and O–H groups in total. The average Bonchev–Trinajstić information content (AvgIpc) is 3.36. The quantitative estimate of drug-likeness (QED) is 0.176. The predicted octanol–water partition coefficient (Wildman–Crippen LogP) is 5.46. The summed E-state index contributed by atoms with van der Waals surface area (Å²) in [5, 5.41) is 11.5. The highest BCUT2D eigenvalue weighted by molar-refractivity contribution is 6.33. The number of amides is 1. The van der Waals surface area contributed by atoms with E-state index in [-0.39, 0.29) is 29.5 Å². The molecule has 1 saturated carbocycles. The fourth-order valence-electron chi connectivity index (χ4n) is 5.10. The summed E-state index contributed by atoms with van der Waals surface area (Å²) in [7, 11) is 0. The molecule has 0 radical (unpaired) electrons. The second-order valence-corrected chi connectivity index (χ2v) is 10.8. The number of halogens is 2. The van der Waals surface area contributed by atoms with E-state index in [1.807, 2.05) is 22.8 Å². The number of carbonyl (C=O) groups excluding carboxylic acids is 1. The molecule has 1 aliphatic rings. The van der Waals surface area contributed by atoms with Crippen molar-refractivity contribution in [1.29, 1.82) is 0 Å². The number of carbonyl (C=O) groups is 1. The first-order chi connectivity index (χ1) is 19.2. The number of nitrogens with one attached hydrogen (secondary N) is 2. The summed E-state index contributed by atoms with van der Waals surface area (Å²) in [5.41, 5.74) is 19.3. The van der Waals surface area contributed by atoms with Crippen LogP contribution in [0.5, 0.6) is 0 Å². The molecule has 2 heterocycles. The van der Waals surface area contributed by atoms with Crippen LogP contribution in [0.4, 0.5) is 15.8 Å². The van der Waals surface area contributed by atoms with Crippen LogP contribution in [0.1, 0.15) is 49.3 Å². The third kappa shape index (κ3) is 6.11. The number of nitrogens with zero attached hydrogens (tertiary/aromatic N) is 3. The number of amidine groups is 1. The highest BCUT2D eigenvalue weighted by Gasteiger charge is 2.22. The zero-order chi connectivity index (χ0) is 28.4. The fraction of sp³-hybridized carbons (Fsp3) is 0.300. The molecule has 0 bridgehead atoms. The molecule has 1 amide bonds. The second kappa shape index (κ2) is 11.7. The monoisotopic (exact) mass is 561 g/mol. The lowest BCUT2D eigenvalue weighted by atomic mass is 9.91. The molecule has 1 fully saturated rings. The van der Waals surface area contributed by atoms with Gasteiger partial charge in [-0.15, -0.1) is 0 Å². The number of rotatable bonds is 7. The van der Waals surface area contributed by atoms with Gasteiger partial charge >= 0.3 is 0 Å². The molecule has 8 nitrogen and oxygen atoms in total. The number of aromatic nitrogens is 2. The van der Waals surface area contributed by atoms with E-state index in [9.17, 15) is 9.18 Å². The Morgan fingerprint density at radius 3 is 2.70 bits per heavy atom. The van der Waals surface area contributed by atoms with Crippen molar-refractivity contribution in [3.05, 3.63) is 82.4 Å². The van der Waals surface area contributed by atoms with Gasteiger partial charge in [0.05, 0.1) is 33.7 Å². The normalized spacial score (nSPS) is 17.7. The first-order valence-electron chi connectivity index (χ1n) is 13.4. The van der Waals surface area contributed by atoms with E-state index in [2.05, 4.69) is 39.8 Å². The summed E-state index contributed by atoms with van der Waals surface area (Å²) in [6.45, 7) is 4.01. The molecule has 2 aromatic heterocycles. The molecule has 40 heavy (non-hydrogen) atoms. The smallest absolute Gasteiger partial charge is 0.217 e. The maximum absolute atomic E-state index is 13.9. The third-order valence-electron chi connectivity index (χ3n) is 7.34. The van der Waals surface area contributed by atoms with E-state index in [4.69, 9.17) is 23.1 Å². The van der Waals surface area contributed by atoms with E-state index in [1.54, 1.807) is 6.20 Å². The summed E-state index contributed by atoms with van der Waals surface area (Å²) < 4.78 is 15.7. The number of anilines is 1. The van der Waals surface area contributed by atoms with E-state index in [0.717, 1.165) is 59.1 Å². The zero-order valence-electron chi connectivity index (χ0n) is 22.5. The van der Waals surface area contributed by atoms with Gasteiger partial charge in [0.25, 0.3) is 0 Å². The lowest BCUT2D eigenvalue weighted by Gasteiger charge is -2.28. The van der Waals surface area contributed by atoms with Gasteiger partial charge in [0.15, 0.2) is 0 Å². The van der Waals surface area contributed by atoms with Gasteiger partial charge in [0, 0.05) is 43.4 Å². The standard InChI is InChI=1S/C30H33ClFN7O/c1-17-3-4-19(14-35-18(2)40)11-24(17)20-12-28-29(37-23-8-6-22(33)7-9-23)25(15-36-39(28)16-20)30(34)38-27-13-21(32)5-10-26(27)31/h3-5,10-13,15-16,22-23,37H,6-9,14,33H2,1-2H3,(H2,34,38)(H,35,40). The summed E-state index contributed by atoms with van der Waals surface area (Å²) in [5.74, 6) is -0.353. The molecule has 0 spiro atoms. The Morgan fingerprint density at radius 2 is 1.95 bits per heavy atom. The summed E-state index contributed by atoms with van der Waals surface area (Å²) in [4.78, 5) is 15.9. The average molecular weight is 562 g/mol. The molecule has 10 heteroatoms. The Labute approximate surface area is 237 Å². The van der Waals surface area contributed by atoms with Crippen molar-refractivity contribution in [2.45, 2.75) is 58.2 Å². The van der Waals surface area contributed by atoms with Crippen molar-refractivity contribution in [1.82, 2.24) is 14.9 Å². The molecular weight excluding hydrogens is 529 g/mol. The molecule has 2 aromatic carbocycles. The van der Waals surface area contributed by atoms with Gasteiger partial charge in [0.2, 0.25) is 5.91 Å². The number of nitrogens with two attached hydrogens (primary N) is 2. The van der Waals surface area contributed by atoms with Crippen LogP contribution in [0.2, 0.25) is 5.02 Å². The van der Waals surface area contributed by atoms with E-state index >= 15 is 0 Å². The topological polar surface area (TPSA) is 123 Å². The minimum atomic E-state index is -0.450. The van der Waals surface area contributed by atoms with Gasteiger partial charge in [-0.2, -0.15) is 5.10 Å². The van der Waals surface area contributed by atoms with Crippen molar-refractivity contribution in [3.8, 4) is 11.1 Å². The molecule has 208 valence electrons. The molecular formula is C30H33ClFN7O. The Morgan fingerprint density at radius 1 is 1.18 bits per heavy atom. The van der Waals surface area contributed by atoms with Crippen molar-refractivity contribution < 1.29 is 9.18 Å². The number of aliphatic imine (C=N–C) groups is 1. The fourth-order valence-corrected chi connectivity index (χ4v) is 5.26. The Bertz CT molecular complexity index is 1590. The van der Waals surface area contributed by atoms with Gasteiger partial charge < -0.3 is 22.1 Å². The Balaban J connectivity index is 1.60. The Kier molecular flexibility index (Phi) is 8.04. The number of fused-ring (bicyclic) bond motifs is 1. The maximum atomic E-state index is 13.9. The van der Waals surface area contributed by atoms with E-state index in [1.165, 1.54) is 25.1 Å². The van der Waals surface area contributed by atoms with Crippen LogP contribution >= 0.6 is 11.6 Å². The maximum Gasteiger partial charge on any atom is 0.217 e. The van der Waals surface area contributed by atoms with E-state index < -0.39 is 5.82 Å². The molecule has 4 aromatic rings. The zero-order valence-corrected chi connectivity index (χ0v) is 23.3. The lowest BCUT2D eigenvalue weighted by molar-refractivity contribution is -0.119. The van der Waals surface area contributed by atoms with Crippen LogP contribution in [-0.2, 0) is 11.3 Å². The SMILES string of the molecule is CC(=O)NCc1ccc(C)c(-c2cc3c(NC4CCC(N)CC4)c(C(N)=Nc4cc(F)ccc4Cl)cnn3c2)c1. The van der Waals surface area contributed by atoms with E-state index in [0.29, 0.717) is 17.1 Å².